The molecule has 1 aromatic heterocycles. The summed E-state index contributed by atoms with van der Waals surface area (Å²) in [6.45, 7) is 0. The Morgan fingerprint density at radius 2 is 2.09 bits per heavy atom. The fourth-order valence-electron chi connectivity index (χ4n) is 2.72. The minimum atomic E-state index is -0.977. The van der Waals surface area contributed by atoms with Crippen LogP contribution in [0, 0.1) is 5.92 Å². The van der Waals surface area contributed by atoms with Gasteiger partial charge in [-0.15, -0.1) is 0 Å². The van der Waals surface area contributed by atoms with Gasteiger partial charge in [-0.2, -0.15) is 0 Å². The maximum Gasteiger partial charge on any atom is 0.224 e. The van der Waals surface area contributed by atoms with E-state index in [1.165, 1.54) is 0 Å². The molecular formula is C17H19NO3S. The Bertz CT molecular complexity index is 654. The lowest BCUT2D eigenvalue weighted by molar-refractivity contribution is -0.123. The molecule has 1 heterocycles. The second kappa shape index (κ2) is 6.48. The number of carbonyl (C=O) groups excluding carboxylic acids is 1. The van der Waals surface area contributed by atoms with E-state index in [9.17, 15) is 9.00 Å². The van der Waals surface area contributed by atoms with E-state index >= 15 is 0 Å². The molecule has 1 aliphatic rings. The second-order valence-electron chi connectivity index (χ2n) is 5.68. The highest BCUT2D eigenvalue weighted by molar-refractivity contribution is 7.84. The normalized spacial score (nSPS) is 22.8. The van der Waals surface area contributed by atoms with E-state index < -0.39 is 10.8 Å². The van der Waals surface area contributed by atoms with Crippen molar-refractivity contribution in [1.82, 2.24) is 5.32 Å². The van der Waals surface area contributed by atoms with Gasteiger partial charge in [-0.05, 0) is 24.1 Å². The molecule has 116 valence electrons. The quantitative estimate of drug-likeness (QED) is 0.891. The van der Waals surface area contributed by atoms with Crippen LogP contribution in [-0.2, 0) is 15.6 Å². The lowest BCUT2D eigenvalue weighted by atomic mass is 10.1. The van der Waals surface area contributed by atoms with E-state index in [0.29, 0.717) is 5.75 Å². The van der Waals surface area contributed by atoms with Gasteiger partial charge in [0, 0.05) is 34.6 Å². The van der Waals surface area contributed by atoms with Crippen molar-refractivity contribution < 1.29 is 13.4 Å². The van der Waals surface area contributed by atoms with Crippen molar-refractivity contribution in [2.45, 2.75) is 18.4 Å². The van der Waals surface area contributed by atoms with E-state index in [1.54, 1.807) is 12.5 Å². The van der Waals surface area contributed by atoms with Crippen molar-refractivity contribution >= 4 is 16.7 Å². The van der Waals surface area contributed by atoms with Gasteiger partial charge >= 0.3 is 0 Å². The van der Waals surface area contributed by atoms with Gasteiger partial charge in [-0.25, -0.2) is 0 Å². The van der Waals surface area contributed by atoms with Crippen molar-refractivity contribution in [3.8, 4) is 0 Å². The topological polar surface area (TPSA) is 59.3 Å². The third-order valence-electron chi connectivity index (χ3n) is 3.96. The number of amides is 1. The van der Waals surface area contributed by atoms with Crippen LogP contribution in [0.2, 0.25) is 0 Å². The van der Waals surface area contributed by atoms with Crippen LogP contribution < -0.4 is 5.32 Å². The molecule has 1 saturated carbocycles. The molecule has 0 saturated heterocycles. The van der Waals surface area contributed by atoms with E-state index in [2.05, 4.69) is 5.32 Å². The van der Waals surface area contributed by atoms with Gasteiger partial charge in [0.1, 0.15) is 5.76 Å². The fraction of sp³-hybridized carbons (Fsp3) is 0.353. The summed E-state index contributed by atoms with van der Waals surface area (Å²) in [6.07, 6.45) is 4.11. The van der Waals surface area contributed by atoms with Gasteiger partial charge in [-0.3, -0.25) is 9.00 Å². The van der Waals surface area contributed by atoms with E-state index in [4.69, 9.17) is 4.42 Å². The van der Waals surface area contributed by atoms with Crippen LogP contribution in [0.1, 0.15) is 29.7 Å². The largest absolute Gasteiger partial charge is 0.469 e. The Morgan fingerprint density at radius 1 is 1.32 bits per heavy atom. The molecule has 1 aliphatic carbocycles. The summed E-state index contributed by atoms with van der Waals surface area (Å²) >= 11 is 0. The number of rotatable bonds is 6. The van der Waals surface area contributed by atoms with Crippen LogP contribution in [0.15, 0.2) is 53.1 Å². The highest BCUT2D eigenvalue weighted by atomic mass is 32.2. The summed E-state index contributed by atoms with van der Waals surface area (Å²) in [5.41, 5.74) is 0.987. The van der Waals surface area contributed by atoms with E-state index in [1.807, 2.05) is 42.5 Å². The number of nitrogens with one attached hydrogen (secondary N) is 1. The van der Waals surface area contributed by atoms with Crippen LogP contribution in [0.3, 0.4) is 0 Å². The lowest BCUT2D eigenvalue weighted by Crippen LogP contribution is -2.33. The first-order valence-corrected chi connectivity index (χ1v) is 9.06. The first-order chi connectivity index (χ1) is 10.6. The Kier molecular flexibility index (Phi) is 4.43. The minimum Gasteiger partial charge on any atom is -0.469 e. The lowest BCUT2D eigenvalue weighted by Gasteiger charge is -2.18. The average Bonchev–Trinajstić information content (AvgIpc) is 3.13. The summed E-state index contributed by atoms with van der Waals surface area (Å²) in [4.78, 5) is 12.4. The molecular weight excluding hydrogens is 298 g/mol. The molecule has 4 nitrogen and oxygen atoms in total. The highest BCUT2D eigenvalue weighted by Gasteiger charge is 2.46. The molecule has 1 aromatic carbocycles. The minimum absolute atomic E-state index is 0.0145. The highest BCUT2D eigenvalue weighted by Crippen LogP contribution is 2.47. The smallest absolute Gasteiger partial charge is 0.224 e. The molecule has 0 unspecified atom stereocenters. The molecule has 22 heavy (non-hydrogen) atoms. The number of furan rings is 1. The first-order valence-electron chi connectivity index (χ1n) is 7.34. The van der Waals surface area contributed by atoms with Gasteiger partial charge in [0.05, 0.1) is 12.3 Å². The maximum atomic E-state index is 12.4. The summed E-state index contributed by atoms with van der Waals surface area (Å²) < 4.78 is 17.0. The monoisotopic (exact) mass is 317 g/mol. The summed E-state index contributed by atoms with van der Waals surface area (Å²) in [6, 6.07) is 13.2. The second-order valence-corrected chi connectivity index (χ2v) is 7.16. The molecule has 0 spiro atoms. The zero-order valence-electron chi connectivity index (χ0n) is 12.4. The van der Waals surface area contributed by atoms with Gasteiger partial charge in [-0.1, -0.05) is 30.3 Å². The predicted octanol–water partition coefficient (Wildman–Crippen LogP) is 2.62. The zero-order chi connectivity index (χ0) is 15.5. The van der Waals surface area contributed by atoms with Gasteiger partial charge in [0.15, 0.2) is 0 Å². The molecule has 0 radical (unpaired) electrons. The molecule has 2 aromatic rings. The Labute approximate surface area is 132 Å². The zero-order valence-corrected chi connectivity index (χ0v) is 13.2. The molecule has 5 heteroatoms. The first kappa shape index (κ1) is 15.0. The van der Waals surface area contributed by atoms with Gasteiger partial charge in [0.25, 0.3) is 0 Å². The fourth-order valence-corrected chi connectivity index (χ4v) is 3.47. The number of hydrogen-bond donors (Lipinski definition) is 1. The third kappa shape index (κ3) is 3.47. The van der Waals surface area contributed by atoms with E-state index in [-0.39, 0.29) is 23.8 Å². The van der Waals surface area contributed by atoms with Crippen molar-refractivity contribution in [3.05, 3.63) is 60.1 Å². The molecule has 1 N–H and O–H groups in total. The van der Waals surface area contributed by atoms with Gasteiger partial charge in [0.2, 0.25) is 5.91 Å². The number of carbonyl (C=O) groups is 1. The summed E-state index contributed by atoms with van der Waals surface area (Å²) in [5, 5.41) is 3.04. The van der Waals surface area contributed by atoms with Crippen LogP contribution in [-0.4, -0.2) is 22.1 Å². The number of hydrogen-bond acceptors (Lipinski definition) is 3. The maximum absolute atomic E-state index is 12.4. The average molecular weight is 317 g/mol. The Hall–Kier alpha value is -1.88. The molecule has 4 atom stereocenters. The molecule has 3 rings (SSSR count). The third-order valence-corrected chi connectivity index (χ3v) is 4.76. The summed E-state index contributed by atoms with van der Waals surface area (Å²) in [5.74, 6) is 1.45. The number of benzene rings is 1. The van der Waals surface area contributed by atoms with E-state index in [0.717, 1.165) is 17.7 Å². The van der Waals surface area contributed by atoms with Crippen molar-refractivity contribution in [3.63, 3.8) is 0 Å². The molecule has 1 amide bonds. The molecule has 0 aliphatic heterocycles. The molecule has 1 fully saturated rings. The van der Waals surface area contributed by atoms with Crippen LogP contribution in [0.5, 0.6) is 0 Å². The SMILES string of the molecule is C[S@@](=O)C[C@H](NC(=O)[C@@H]1C[C@@H]1c1ccco1)c1ccccc1. The Morgan fingerprint density at radius 3 is 2.73 bits per heavy atom. The standard InChI is InChI=1S/C17H19NO3S/c1-22(20)11-15(12-6-3-2-4-7-12)18-17(19)14-10-13(14)16-8-5-9-21-16/h2-9,13-15H,10-11H2,1H3,(H,18,19)/t13-,14+,15-,22+/m0/s1. The van der Waals surface area contributed by atoms with Crippen LogP contribution in [0.4, 0.5) is 0 Å². The predicted molar refractivity (Wildman–Crippen MR) is 85.8 cm³/mol. The van der Waals surface area contributed by atoms with Gasteiger partial charge < -0.3 is 9.73 Å². The summed E-state index contributed by atoms with van der Waals surface area (Å²) in [7, 11) is -0.977. The molecule has 0 bridgehead atoms. The van der Waals surface area contributed by atoms with Crippen LogP contribution >= 0.6 is 0 Å². The Balaban J connectivity index is 1.66. The van der Waals surface area contributed by atoms with Crippen LogP contribution in [0.25, 0.3) is 0 Å². The van der Waals surface area contributed by atoms with Crippen molar-refractivity contribution in [2.75, 3.05) is 12.0 Å². The van der Waals surface area contributed by atoms with Crippen molar-refractivity contribution in [2.24, 2.45) is 5.92 Å². The van der Waals surface area contributed by atoms with Crippen molar-refractivity contribution in [1.29, 1.82) is 0 Å².